The van der Waals surface area contributed by atoms with E-state index < -0.39 is 0 Å². The average Bonchev–Trinajstić information content (AvgIpc) is 0.683. The molecule has 0 unspecified atom stereocenters. The molecule has 0 bridgehead atoms. The van der Waals surface area contributed by atoms with Crippen molar-refractivity contribution < 1.29 is 4.74 Å². The van der Waals surface area contributed by atoms with E-state index in [1.807, 2.05) is 0 Å². The number of anilines is 15. The summed E-state index contributed by atoms with van der Waals surface area (Å²) in [4.78, 5) is 12.7. The van der Waals surface area contributed by atoms with Crippen molar-refractivity contribution in [3.63, 3.8) is 0 Å². The van der Waals surface area contributed by atoms with Crippen LogP contribution in [0.1, 0.15) is 52.7 Å². The number of hydrogen-bond acceptors (Lipinski definition) is 6. The molecule has 0 N–H and O–H groups in total. The van der Waals surface area contributed by atoms with Gasteiger partial charge in [-0.2, -0.15) is 0 Å². The first-order valence-corrected chi connectivity index (χ1v) is 39.1. The van der Waals surface area contributed by atoms with Crippen molar-refractivity contribution in [2.75, 3.05) is 24.5 Å². The van der Waals surface area contributed by atoms with Crippen LogP contribution in [0.2, 0.25) is 0 Å². The standard InChI is InChI=1S/C104H81B2N5O/c1-103(2,3)74-60-56-72(57-61-74)82-46-25-29-52-90(82)108(78-42-21-11-22-43-78)80-64-95-100-96(65-80)110(91-53-30-26-47-83(91)73-58-62-75(63-59-73)104(4,5)6)92-54-31-27-50-86(92)105(100)88-68-89-94(69-93(88)109(95)79-44-23-12-24-45-79)111(102-84(70-34-13-7-14-35-70)48-33-49-85(102)71-36-15-8-16-37-71)97-66-81(67-99-101(97)106(89)87-51-28-32-55-98(87)112-99)107(76-38-17-9-18-39-76)77-40-19-10-20-41-77/h7-69H,1-6H3. The average molecular weight is 1440 g/mol. The minimum atomic E-state index is -0.282. The lowest BCUT2D eigenvalue weighted by molar-refractivity contribution is 0.487. The molecule has 20 rings (SSSR count). The zero-order valence-corrected chi connectivity index (χ0v) is 63.7. The predicted octanol–water partition coefficient (Wildman–Crippen LogP) is 24.4. The van der Waals surface area contributed by atoms with E-state index in [1.54, 1.807) is 0 Å². The highest BCUT2D eigenvalue weighted by atomic mass is 16.5. The molecule has 0 radical (unpaired) electrons. The first kappa shape index (κ1) is 67.8. The molecule has 16 aromatic rings. The van der Waals surface area contributed by atoms with Gasteiger partial charge in [0, 0.05) is 85.2 Å². The minimum absolute atomic E-state index is 0.0189. The Morgan fingerprint density at radius 3 is 1.23 bits per heavy atom. The van der Waals surface area contributed by atoms with Crippen LogP contribution < -0.4 is 62.0 Å². The quantitative estimate of drug-likeness (QED) is 0.107. The zero-order chi connectivity index (χ0) is 75.3. The molecule has 534 valence electrons. The number of rotatable bonds is 13. The number of hydrogen-bond donors (Lipinski definition) is 0. The van der Waals surface area contributed by atoms with E-state index in [0.29, 0.717) is 0 Å². The summed E-state index contributed by atoms with van der Waals surface area (Å²) in [6.07, 6.45) is 0. The third-order valence-electron chi connectivity index (χ3n) is 23.2. The maximum atomic E-state index is 7.55. The Hall–Kier alpha value is -13.6. The summed E-state index contributed by atoms with van der Waals surface area (Å²) >= 11 is 0. The number of ether oxygens (including phenoxy) is 1. The van der Waals surface area contributed by atoms with Crippen LogP contribution in [0.3, 0.4) is 0 Å². The Kier molecular flexibility index (Phi) is 16.5. The molecule has 6 nitrogen and oxygen atoms in total. The molecule has 4 aliphatic rings. The van der Waals surface area contributed by atoms with Crippen molar-refractivity contribution in [2.24, 2.45) is 0 Å². The number of para-hydroxylation sites is 9. The van der Waals surface area contributed by atoms with Crippen LogP contribution in [0, 0.1) is 0 Å². The Morgan fingerprint density at radius 1 is 0.250 bits per heavy atom. The van der Waals surface area contributed by atoms with Gasteiger partial charge in [-0.1, -0.05) is 321 Å². The number of nitrogens with zero attached hydrogens (tertiary/aromatic N) is 5. The van der Waals surface area contributed by atoms with Gasteiger partial charge in [-0.05, 0) is 174 Å². The maximum Gasteiger partial charge on any atom is 0.256 e. The monoisotopic (exact) mass is 1440 g/mol. The van der Waals surface area contributed by atoms with Gasteiger partial charge in [0.05, 0.1) is 28.4 Å². The van der Waals surface area contributed by atoms with Crippen LogP contribution in [-0.2, 0) is 10.8 Å². The SMILES string of the molecule is CC(C)(C)c1ccc(-c2ccccc2N(c2ccccc2)c2cc3c4c(c2)N(c2ccccc2-c2ccc(C(C)(C)C)cc2)c2ccccc2B4c2cc4c(cc2N3c2ccccc2)N(c2c(-c3ccccc3)cccc2-c2ccccc2)c2cc(N(c3ccccc3)c3ccccc3)cc3c2B4c2ccccc2O3)cc1. The lowest BCUT2D eigenvalue weighted by Crippen LogP contribution is -2.64. The minimum Gasteiger partial charge on any atom is -0.458 e. The van der Waals surface area contributed by atoms with Crippen molar-refractivity contribution in [3.05, 3.63) is 393 Å². The van der Waals surface area contributed by atoms with Crippen molar-refractivity contribution >= 4 is 132 Å². The van der Waals surface area contributed by atoms with E-state index in [-0.39, 0.29) is 24.3 Å². The Bertz CT molecular complexity index is 6170. The topological polar surface area (TPSA) is 25.4 Å². The van der Waals surface area contributed by atoms with Crippen LogP contribution in [0.15, 0.2) is 382 Å². The van der Waals surface area contributed by atoms with Gasteiger partial charge < -0.3 is 29.2 Å². The van der Waals surface area contributed by atoms with Crippen molar-refractivity contribution in [1.82, 2.24) is 0 Å². The van der Waals surface area contributed by atoms with E-state index in [1.165, 1.54) is 33.0 Å². The molecular weight excluding hydrogens is 1360 g/mol. The summed E-state index contributed by atoms with van der Waals surface area (Å²) in [6.45, 7) is 13.2. The van der Waals surface area contributed by atoms with Gasteiger partial charge in [-0.15, -0.1) is 0 Å². The lowest BCUT2D eigenvalue weighted by Gasteiger charge is -2.47. The fraction of sp³-hybridized carbons (Fsp3) is 0.0769. The van der Waals surface area contributed by atoms with Gasteiger partial charge >= 0.3 is 0 Å². The highest BCUT2D eigenvalue weighted by Gasteiger charge is 2.49. The summed E-state index contributed by atoms with van der Waals surface area (Å²) in [5, 5.41) is 0. The van der Waals surface area contributed by atoms with Crippen LogP contribution in [-0.4, -0.2) is 13.4 Å². The number of benzene rings is 16. The summed E-state index contributed by atoms with van der Waals surface area (Å²) in [5.41, 5.74) is 34.3. The molecular formula is C104H81B2N5O. The Morgan fingerprint density at radius 2 is 0.661 bits per heavy atom. The third kappa shape index (κ3) is 11.5. The molecule has 16 aromatic carbocycles. The molecule has 0 atom stereocenters. The second-order valence-corrected chi connectivity index (χ2v) is 32.0. The van der Waals surface area contributed by atoms with Crippen LogP contribution >= 0.6 is 0 Å². The van der Waals surface area contributed by atoms with Gasteiger partial charge in [0.15, 0.2) is 0 Å². The van der Waals surface area contributed by atoms with E-state index in [4.69, 9.17) is 4.74 Å². The highest BCUT2D eigenvalue weighted by Crippen LogP contribution is 2.55. The van der Waals surface area contributed by atoms with Crippen LogP contribution in [0.4, 0.5) is 85.3 Å². The second kappa shape index (κ2) is 27.2. The molecule has 4 heterocycles. The van der Waals surface area contributed by atoms with E-state index in [0.717, 1.165) is 152 Å². The van der Waals surface area contributed by atoms with Gasteiger partial charge in [0.2, 0.25) is 0 Å². The molecule has 0 aliphatic carbocycles. The zero-order valence-electron chi connectivity index (χ0n) is 63.7. The maximum absolute atomic E-state index is 7.55. The first-order valence-electron chi connectivity index (χ1n) is 39.1. The van der Waals surface area contributed by atoms with E-state index in [2.05, 4.69) is 448 Å². The summed E-state index contributed by atoms with van der Waals surface area (Å²) in [7, 11) is 0. The van der Waals surface area contributed by atoms with Crippen molar-refractivity contribution in [3.8, 4) is 56.0 Å². The lowest BCUT2D eigenvalue weighted by atomic mass is 9.30. The molecule has 0 saturated carbocycles. The van der Waals surface area contributed by atoms with Gasteiger partial charge in [0.25, 0.3) is 13.4 Å². The molecule has 0 spiro atoms. The highest BCUT2D eigenvalue weighted by molar-refractivity contribution is 7.02. The molecule has 0 aromatic heterocycles. The van der Waals surface area contributed by atoms with E-state index >= 15 is 0 Å². The smallest absolute Gasteiger partial charge is 0.256 e. The molecule has 0 fully saturated rings. The molecule has 0 amide bonds. The van der Waals surface area contributed by atoms with Gasteiger partial charge in [-0.3, -0.25) is 0 Å². The van der Waals surface area contributed by atoms with Gasteiger partial charge in [-0.25, -0.2) is 0 Å². The summed E-state index contributed by atoms with van der Waals surface area (Å²) < 4.78 is 7.55. The van der Waals surface area contributed by atoms with Crippen LogP contribution in [0.25, 0.3) is 44.5 Å². The van der Waals surface area contributed by atoms with Crippen molar-refractivity contribution in [2.45, 2.75) is 52.4 Å². The fourth-order valence-electron chi connectivity index (χ4n) is 17.9. The largest absolute Gasteiger partial charge is 0.458 e. The van der Waals surface area contributed by atoms with Gasteiger partial charge in [0.1, 0.15) is 11.5 Å². The molecule has 8 heteroatoms. The Balaban J connectivity index is 0.919. The fourth-order valence-corrected chi connectivity index (χ4v) is 17.9. The first-order chi connectivity index (χ1) is 54.9. The van der Waals surface area contributed by atoms with E-state index in [9.17, 15) is 0 Å². The van der Waals surface area contributed by atoms with Crippen molar-refractivity contribution in [1.29, 1.82) is 0 Å². The molecule has 0 saturated heterocycles. The summed E-state index contributed by atoms with van der Waals surface area (Å²) in [6, 6.07) is 142. The second-order valence-electron chi connectivity index (χ2n) is 32.0. The third-order valence-corrected chi connectivity index (χ3v) is 23.2. The molecule has 112 heavy (non-hydrogen) atoms. The van der Waals surface area contributed by atoms with Crippen LogP contribution in [0.5, 0.6) is 11.5 Å². The summed E-state index contributed by atoms with van der Waals surface area (Å²) in [5.74, 6) is 1.64. The number of fused-ring (bicyclic) bond motifs is 8. The normalized spacial score (nSPS) is 12.9. The Labute approximate surface area is 658 Å². The molecule has 4 aliphatic heterocycles. The predicted molar refractivity (Wildman–Crippen MR) is 475 cm³/mol.